The molecule has 0 fully saturated rings. The molecule has 5 heteroatoms. The van der Waals surface area contributed by atoms with E-state index in [0.717, 1.165) is 6.54 Å². The van der Waals surface area contributed by atoms with Gasteiger partial charge in [0, 0.05) is 18.8 Å². The lowest BCUT2D eigenvalue weighted by molar-refractivity contribution is -0.113. The molecule has 0 atom stereocenters. The monoisotopic (exact) mass is 152 g/mol. The highest BCUT2D eigenvalue weighted by atomic mass is 16.1. The normalized spacial score (nSPS) is 18.0. The molecule has 0 unspecified atom stereocenters. The second-order valence-electron chi connectivity index (χ2n) is 1.80. The van der Waals surface area contributed by atoms with E-state index in [1.165, 1.54) is 12.3 Å². The summed E-state index contributed by atoms with van der Waals surface area (Å²) in [5.41, 5.74) is 5.65. The molecule has 0 aliphatic carbocycles. The molecule has 0 aromatic heterocycles. The maximum atomic E-state index is 9.90. The number of carbonyl (C=O) groups excluding carboxylic acids is 1. The van der Waals surface area contributed by atoms with E-state index in [1.807, 2.05) is 12.3 Å². The molecule has 0 bridgehead atoms. The number of hydrogen-bond acceptors (Lipinski definition) is 4. The van der Waals surface area contributed by atoms with Crippen LogP contribution in [0.3, 0.4) is 0 Å². The van der Waals surface area contributed by atoms with Crippen LogP contribution in [0.2, 0.25) is 0 Å². The molecule has 11 heavy (non-hydrogen) atoms. The molecule has 5 nitrogen and oxygen atoms in total. The number of nitrogens with zero attached hydrogens (tertiary/aromatic N) is 2. The first-order valence-electron chi connectivity index (χ1n) is 3.14. The molecule has 58 valence electrons. The van der Waals surface area contributed by atoms with Gasteiger partial charge in [0.1, 0.15) is 0 Å². The third-order valence-corrected chi connectivity index (χ3v) is 0.963. The van der Waals surface area contributed by atoms with Gasteiger partial charge in [0.2, 0.25) is 0 Å². The summed E-state index contributed by atoms with van der Waals surface area (Å²) in [6.07, 6.45) is 6.56. The van der Waals surface area contributed by atoms with E-state index >= 15 is 0 Å². The van der Waals surface area contributed by atoms with E-state index in [4.69, 9.17) is 0 Å². The topological polar surface area (TPSA) is 65.8 Å². The summed E-state index contributed by atoms with van der Waals surface area (Å²) in [5.74, 6) is -0.269. The van der Waals surface area contributed by atoms with Gasteiger partial charge in [-0.1, -0.05) is 6.08 Å². The van der Waals surface area contributed by atoms with Gasteiger partial charge < -0.3 is 5.43 Å². The standard InChI is InChI=1S/C3H2N2O.C3H6N2/c6-3-1-2-4-5-3;1-2-4-5-3-1/h1-2H;1-2,4-5H,3H2. The van der Waals surface area contributed by atoms with E-state index in [0.29, 0.717) is 0 Å². The highest BCUT2D eigenvalue weighted by Gasteiger charge is 1.92. The molecule has 2 N–H and O–H groups in total. The van der Waals surface area contributed by atoms with Gasteiger partial charge in [0.05, 0.1) is 6.20 Å². The van der Waals surface area contributed by atoms with Gasteiger partial charge in [-0.25, -0.2) is 5.43 Å². The van der Waals surface area contributed by atoms with Crippen LogP contribution >= 0.6 is 0 Å². The number of rotatable bonds is 0. The number of hydrogen-bond donors (Lipinski definition) is 2. The highest BCUT2D eigenvalue weighted by molar-refractivity contribution is 5.89. The van der Waals surface area contributed by atoms with Crippen molar-refractivity contribution in [3.05, 3.63) is 24.6 Å². The summed E-state index contributed by atoms with van der Waals surface area (Å²) in [5, 5.41) is 6.37. The van der Waals surface area contributed by atoms with Gasteiger partial charge in [-0.05, 0) is 0 Å². The Kier molecular flexibility index (Phi) is 3.01. The number of azo groups is 1. The quantitative estimate of drug-likeness (QED) is 0.517. The van der Waals surface area contributed by atoms with Crippen LogP contribution in [0.15, 0.2) is 34.8 Å². The zero-order chi connectivity index (χ0) is 7.94. The fourth-order valence-corrected chi connectivity index (χ4v) is 0.515. The van der Waals surface area contributed by atoms with E-state index < -0.39 is 0 Å². The minimum absolute atomic E-state index is 0.269. The predicted molar refractivity (Wildman–Crippen MR) is 39.3 cm³/mol. The molecule has 0 aromatic carbocycles. The van der Waals surface area contributed by atoms with Crippen LogP contribution in [-0.4, -0.2) is 12.5 Å². The summed E-state index contributed by atoms with van der Waals surface area (Å²) in [7, 11) is 0. The van der Waals surface area contributed by atoms with Crippen LogP contribution in [0.4, 0.5) is 0 Å². The molecule has 0 aromatic rings. The molecule has 0 saturated carbocycles. The fraction of sp³-hybridized carbons (Fsp3) is 0.167. The Morgan fingerprint density at radius 3 is 2.64 bits per heavy atom. The van der Waals surface area contributed by atoms with E-state index in [1.54, 1.807) is 0 Å². The van der Waals surface area contributed by atoms with E-state index in [2.05, 4.69) is 21.1 Å². The maximum Gasteiger partial charge on any atom is 0.289 e. The van der Waals surface area contributed by atoms with Crippen molar-refractivity contribution in [1.29, 1.82) is 0 Å². The number of hydrazine groups is 1. The van der Waals surface area contributed by atoms with Crippen LogP contribution in [0.1, 0.15) is 0 Å². The molecule has 2 aliphatic heterocycles. The third kappa shape index (κ3) is 3.27. The molecular weight excluding hydrogens is 144 g/mol. The van der Waals surface area contributed by atoms with Crippen LogP contribution in [-0.2, 0) is 4.79 Å². The number of amides is 1. The first kappa shape index (κ1) is 7.62. The van der Waals surface area contributed by atoms with Gasteiger partial charge in [0.15, 0.2) is 0 Å². The lowest BCUT2D eigenvalue weighted by atomic mass is 10.6. The molecule has 0 spiro atoms. The van der Waals surface area contributed by atoms with Crippen molar-refractivity contribution in [1.82, 2.24) is 10.9 Å². The van der Waals surface area contributed by atoms with Gasteiger partial charge in [-0.15, -0.1) is 5.11 Å². The number of nitrogens with one attached hydrogen (secondary N) is 2. The summed E-state index contributed by atoms with van der Waals surface area (Å²) in [4.78, 5) is 9.90. The summed E-state index contributed by atoms with van der Waals surface area (Å²) >= 11 is 0. The minimum Gasteiger partial charge on any atom is -0.329 e. The maximum absolute atomic E-state index is 9.90. The zero-order valence-corrected chi connectivity index (χ0v) is 5.82. The van der Waals surface area contributed by atoms with Gasteiger partial charge in [0.25, 0.3) is 5.91 Å². The van der Waals surface area contributed by atoms with Crippen molar-refractivity contribution >= 4 is 5.91 Å². The smallest absolute Gasteiger partial charge is 0.289 e. The largest absolute Gasteiger partial charge is 0.329 e. The average molecular weight is 152 g/mol. The molecule has 2 aliphatic rings. The Bertz CT molecular complexity index is 199. The minimum atomic E-state index is -0.269. The molecule has 1 amide bonds. The highest BCUT2D eigenvalue weighted by Crippen LogP contribution is 1.90. The fourth-order valence-electron chi connectivity index (χ4n) is 0.515. The summed E-state index contributed by atoms with van der Waals surface area (Å²) < 4.78 is 0. The Balaban J connectivity index is 0.000000112. The van der Waals surface area contributed by atoms with Crippen LogP contribution in [0.25, 0.3) is 0 Å². The van der Waals surface area contributed by atoms with Crippen LogP contribution in [0, 0.1) is 0 Å². The Hall–Kier alpha value is -1.49. The molecule has 0 radical (unpaired) electrons. The van der Waals surface area contributed by atoms with Crippen molar-refractivity contribution in [2.45, 2.75) is 0 Å². The lowest BCUT2D eigenvalue weighted by Crippen LogP contribution is -2.19. The van der Waals surface area contributed by atoms with Crippen LogP contribution in [0.5, 0.6) is 0 Å². The predicted octanol–water partition coefficient (Wildman–Crippen LogP) is 0.100. The first-order chi connectivity index (χ1) is 5.39. The van der Waals surface area contributed by atoms with E-state index in [-0.39, 0.29) is 5.91 Å². The van der Waals surface area contributed by atoms with Crippen molar-refractivity contribution in [2.75, 3.05) is 6.54 Å². The van der Waals surface area contributed by atoms with Crippen molar-refractivity contribution < 1.29 is 4.79 Å². The third-order valence-electron chi connectivity index (χ3n) is 0.963. The first-order valence-corrected chi connectivity index (χ1v) is 3.14. The SMILES string of the molecule is C1=CNNC1.O=C1C=CN=N1. The van der Waals surface area contributed by atoms with Crippen molar-refractivity contribution in [3.63, 3.8) is 0 Å². The Morgan fingerprint density at radius 2 is 2.45 bits per heavy atom. The second kappa shape index (κ2) is 4.35. The van der Waals surface area contributed by atoms with Gasteiger partial charge in [-0.2, -0.15) is 5.11 Å². The molecule has 0 saturated heterocycles. The van der Waals surface area contributed by atoms with Crippen molar-refractivity contribution in [3.8, 4) is 0 Å². The Morgan fingerprint density at radius 1 is 1.55 bits per heavy atom. The molecule has 2 heterocycles. The molecular formula is C6H8N4O. The van der Waals surface area contributed by atoms with E-state index in [9.17, 15) is 4.79 Å². The van der Waals surface area contributed by atoms with Gasteiger partial charge in [-0.3, -0.25) is 4.79 Å². The Labute approximate surface area is 63.9 Å². The second-order valence-corrected chi connectivity index (χ2v) is 1.80. The number of carbonyl (C=O) groups is 1. The lowest BCUT2D eigenvalue weighted by Gasteiger charge is -1.83. The average Bonchev–Trinajstić information content (AvgIpc) is 2.57. The zero-order valence-electron chi connectivity index (χ0n) is 5.82. The summed E-state index contributed by atoms with van der Waals surface area (Å²) in [6.45, 7) is 0.958. The van der Waals surface area contributed by atoms with Crippen molar-refractivity contribution in [2.24, 2.45) is 10.2 Å². The van der Waals surface area contributed by atoms with Crippen LogP contribution < -0.4 is 10.9 Å². The van der Waals surface area contributed by atoms with Gasteiger partial charge >= 0.3 is 0 Å². The molecule has 2 rings (SSSR count). The summed E-state index contributed by atoms with van der Waals surface area (Å²) in [6, 6.07) is 0.